The summed E-state index contributed by atoms with van der Waals surface area (Å²) >= 11 is 0. The topological polar surface area (TPSA) is 69.2 Å². The average Bonchev–Trinajstić information content (AvgIpc) is 2.99. The summed E-state index contributed by atoms with van der Waals surface area (Å²) in [5.74, 6) is 1.45. The summed E-state index contributed by atoms with van der Waals surface area (Å²) in [5.41, 5.74) is 2.03. The largest absolute Gasteiger partial charge is 0.472 e. The van der Waals surface area contributed by atoms with Crippen molar-refractivity contribution in [3.8, 4) is 5.88 Å². The lowest BCUT2D eigenvalue weighted by Gasteiger charge is -2.12. The van der Waals surface area contributed by atoms with Crippen LogP contribution in [0.5, 0.6) is 5.88 Å². The number of nitrogens with one attached hydrogen (secondary N) is 1. The zero-order valence-electron chi connectivity index (χ0n) is 12.0. The minimum absolute atomic E-state index is 0.116. The lowest BCUT2D eigenvalue weighted by atomic mass is 10.2. The van der Waals surface area contributed by atoms with Gasteiger partial charge in [0.05, 0.1) is 13.2 Å². The summed E-state index contributed by atoms with van der Waals surface area (Å²) in [7, 11) is 0. The molecule has 1 aliphatic rings. The van der Waals surface area contributed by atoms with Gasteiger partial charge in [0.2, 0.25) is 5.88 Å². The van der Waals surface area contributed by atoms with Crippen molar-refractivity contribution in [2.75, 3.05) is 18.5 Å². The minimum atomic E-state index is 0.116. The number of ether oxygens (including phenoxy) is 2. The molecule has 0 aromatic carbocycles. The summed E-state index contributed by atoms with van der Waals surface area (Å²) in [5, 5.41) is 3.26. The quantitative estimate of drug-likeness (QED) is 0.906. The first-order chi connectivity index (χ1) is 10.3. The van der Waals surface area contributed by atoms with E-state index >= 15 is 0 Å². The van der Waals surface area contributed by atoms with Crippen LogP contribution < -0.4 is 10.1 Å². The zero-order valence-corrected chi connectivity index (χ0v) is 12.0. The highest BCUT2D eigenvalue weighted by Crippen LogP contribution is 2.16. The highest BCUT2D eigenvalue weighted by Gasteiger charge is 2.17. The van der Waals surface area contributed by atoms with Crippen LogP contribution in [0.25, 0.3) is 0 Å². The molecule has 1 fully saturated rings. The van der Waals surface area contributed by atoms with Gasteiger partial charge in [-0.1, -0.05) is 0 Å². The van der Waals surface area contributed by atoms with Gasteiger partial charge in [0.1, 0.15) is 18.2 Å². The molecule has 0 spiro atoms. The van der Waals surface area contributed by atoms with Crippen LogP contribution in [-0.4, -0.2) is 34.3 Å². The summed E-state index contributed by atoms with van der Waals surface area (Å²) in [6.45, 7) is 4.01. The normalized spacial score (nSPS) is 17.7. The summed E-state index contributed by atoms with van der Waals surface area (Å²) in [6, 6.07) is 5.81. The number of hydrogen-bond acceptors (Lipinski definition) is 6. The second-order valence-electron chi connectivity index (χ2n) is 5.00. The molecule has 110 valence electrons. The van der Waals surface area contributed by atoms with Crippen LogP contribution in [0, 0.1) is 6.92 Å². The first kappa shape index (κ1) is 13.8. The van der Waals surface area contributed by atoms with Gasteiger partial charge in [0.25, 0.3) is 0 Å². The van der Waals surface area contributed by atoms with E-state index in [4.69, 9.17) is 9.47 Å². The number of hydrogen-bond donors (Lipinski definition) is 1. The molecular weight excluding hydrogens is 268 g/mol. The molecule has 0 bridgehead atoms. The number of aromatic nitrogens is 3. The van der Waals surface area contributed by atoms with Gasteiger partial charge in [-0.25, -0.2) is 15.0 Å². The third-order valence-corrected chi connectivity index (χ3v) is 3.25. The SMILES string of the molecule is Cc1cc(NCc2ccnc(OC3CCOC3)c2)ncn1. The monoisotopic (exact) mass is 286 g/mol. The Labute approximate surface area is 123 Å². The van der Waals surface area contributed by atoms with Gasteiger partial charge in [-0.05, 0) is 18.6 Å². The highest BCUT2D eigenvalue weighted by molar-refractivity contribution is 5.36. The molecule has 0 radical (unpaired) electrons. The third-order valence-electron chi connectivity index (χ3n) is 3.25. The maximum absolute atomic E-state index is 5.80. The Hall–Kier alpha value is -2.21. The van der Waals surface area contributed by atoms with Gasteiger partial charge < -0.3 is 14.8 Å². The van der Waals surface area contributed by atoms with Crippen LogP contribution in [0.1, 0.15) is 17.7 Å². The molecule has 6 nitrogen and oxygen atoms in total. The Balaban J connectivity index is 1.60. The molecule has 0 aliphatic carbocycles. The van der Waals surface area contributed by atoms with Crippen LogP contribution in [0.4, 0.5) is 5.82 Å². The molecule has 3 heterocycles. The lowest BCUT2D eigenvalue weighted by molar-refractivity contribution is 0.138. The third kappa shape index (κ3) is 3.88. The van der Waals surface area contributed by atoms with Crippen LogP contribution in [0.3, 0.4) is 0 Å². The van der Waals surface area contributed by atoms with E-state index in [0.717, 1.165) is 30.1 Å². The number of pyridine rings is 1. The second-order valence-corrected chi connectivity index (χ2v) is 5.00. The first-order valence-electron chi connectivity index (χ1n) is 7.01. The number of aryl methyl sites for hydroxylation is 1. The standard InChI is InChI=1S/C15H18N4O2/c1-11-6-14(19-10-18-11)17-8-12-2-4-16-15(7-12)21-13-3-5-20-9-13/h2,4,6-7,10,13H,3,5,8-9H2,1H3,(H,17,18,19). The number of nitrogens with zero attached hydrogens (tertiary/aromatic N) is 3. The first-order valence-corrected chi connectivity index (χ1v) is 7.01. The van der Waals surface area contributed by atoms with Crippen LogP contribution in [-0.2, 0) is 11.3 Å². The maximum atomic E-state index is 5.80. The van der Waals surface area contributed by atoms with Crippen molar-refractivity contribution in [3.05, 3.63) is 42.0 Å². The van der Waals surface area contributed by atoms with Gasteiger partial charge in [-0.3, -0.25) is 0 Å². The van der Waals surface area contributed by atoms with Crippen LogP contribution in [0.15, 0.2) is 30.7 Å². The molecule has 1 N–H and O–H groups in total. The minimum Gasteiger partial charge on any atom is -0.472 e. The molecule has 1 unspecified atom stereocenters. The van der Waals surface area contributed by atoms with Gasteiger partial charge in [0.15, 0.2) is 0 Å². The van der Waals surface area contributed by atoms with Crippen molar-refractivity contribution >= 4 is 5.82 Å². The van der Waals surface area contributed by atoms with E-state index in [2.05, 4.69) is 20.3 Å². The lowest BCUT2D eigenvalue weighted by Crippen LogP contribution is -2.16. The van der Waals surface area contributed by atoms with E-state index in [-0.39, 0.29) is 6.10 Å². The molecule has 1 aliphatic heterocycles. The van der Waals surface area contributed by atoms with Crippen molar-refractivity contribution < 1.29 is 9.47 Å². The number of anilines is 1. The second kappa shape index (κ2) is 6.49. The summed E-state index contributed by atoms with van der Waals surface area (Å²) in [6.07, 6.45) is 4.35. The van der Waals surface area contributed by atoms with E-state index in [1.165, 1.54) is 0 Å². The summed E-state index contributed by atoms with van der Waals surface area (Å²) in [4.78, 5) is 12.5. The highest BCUT2D eigenvalue weighted by atomic mass is 16.5. The molecule has 2 aromatic rings. The number of rotatable bonds is 5. The van der Waals surface area contributed by atoms with E-state index in [1.54, 1.807) is 12.5 Å². The van der Waals surface area contributed by atoms with Gasteiger partial charge in [0, 0.05) is 37.0 Å². The van der Waals surface area contributed by atoms with E-state index < -0.39 is 0 Å². The summed E-state index contributed by atoms with van der Waals surface area (Å²) < 4.78 is 11.1. The average molecular weight is 286 g/mol. The van der Waals surface area contributed by atoms with Crippen molar-refractivity contribution in [3.63, 3.8) is 0 Å². The molecule has 1 atom stereocenters. The zero-order chi connectivity index (χ0) is 14.5. The molecular formula is C15H18N4O2. The molecule has 3 rings (SSSR count). The fraction of sp³-hybridized carbons (Fsp3) is 0.400. The smallest absolute Gasteiger partial charge is 0.213 e. The van der Waals surface area contributed by atoms with E-state index in [9.17, 15) is 0 Å². The predicted octanol–water partition coefficient (Wildman–Crippen LogP) is 1.96. The Morgan fingerprint density at radius 3 is 3.10 bits per heavy atom. The fourth-order valence-corrected chi connectivity index (χ4v) is 2.15. The molecule has 1 saturated heterocycles. The molecule has 2 aromatic heterocycles. The van der Waals surface area contributed by atoms with Crippen molar-refractivity contribution in [2.45, 2.75) is 26.0 Å². The molecule has 21 heavy (non-hydrogen) atoms. The fourth-order valence-electron chi connectivity index (χ4n) is 2.15. The maximum Gasteiger partial charge on any atom is 0.213 e. The molecule has 0 saturated carbocycles. The molecule has 6 heteroatoms. The van der Waals surface area contributed by atoms with Crippen molar-refractivity contribution in [2.24, 2.45) is 0 Å². The van der Waals surface area contributed by atoms with Crippen LogP contribution >= 0.6 is 0 Å². The van der Waals surface area contributed by atoms with E-state index in [1.807, 2.05) is 25.1 Å². The van der Waals surface area contributed by atoms with Gasteiger partial charge >= 0.3 is 0 Å². The van der Waals surface area contributed by atoms with Crippen molar-refractivity contribution in [1.82, 2.24) is 15.0 Å². The Morgan fingerprint density at radius 1 is 1.33 bits per heavy atom. The van der Waals surface area contributed by atoms with Gasteiger partial charge in [-0.15, -0.1) is 0 Å². The Bertz CT molecular complexity index is 600. The van der Waals surface area contributed by atoms with E-state index in [0.29, 0.717) is 19.0 Å². The molecule has 0 amide bonds. The van der Waals surface area contributed by atoms with Crippen molar-refractivity contribution in [1.29, 1.82) is 0 Å². The predicted molar refractivity (Wildman–Crippen MR) is 78.2 cm³/mol. The Morgan fingerprint density at radius 2 is 2.29 bits per heavy atom. The van der Waals surface area contributed by atoms with Gasteiger partial charge in [-0.2, -0.15) is 0 Å². The Kier molecular flexibility index (Phi) is 4.25. The van der Waals surface area contributed by atoms with Crippen LogP contribution in [0.2, 0.25) is 0 Å².